The number of nitrogens with zero attached hydrogens (tertiary/aromatic N) is 1. The van der Waals surface area contributed by atoms with Crippen LogP contribution in [0.3, 0.4) is 0 Å². The number of ketones is 1. The van der Waals surface area contributed by atoms with Crippen LogP contribution in [0, 0.1) is 11.8 Å². The molecule has 5 nitrogen and oxygen atoms in total. The second-order valence-corrected chi connectivity index (χ2v) is 6.35. The summed E-state index contributed by atoms with van der Waals surface area (Å²) in [4.78, 5) is 26.1. The molecule has 0 spiro atoms. The van der Waals surface area contributed by atoms with Crippen LogP contribution in [-0.2, 0) is 4.79 Å². The molecular formula is C17H24ClN3O2. The van der Waals surface area contributed by atoms with E-state index in [1.54, 1.807) is 12.1 Å². The third-order valence-corrected chi connectivity index (χ3v) is 4.74. The van der Waals surface area contributed by atoms with Crippen LogP contribution >= 0.6 is 12.4 Å². The molecule has 2 atom stereocenters. The highest BCUT2D eigenvalue weighted by atomic mass is 35.5. The Kier molecular flexibility index (Phi) is 6.16. The van der Waals surface area contributed by atoms with Gasteiger partial charge in [-0.05, 0) is 56.9 Å². The lowest BCUT2D eigenvalue weighted by Gasteiger charge is -2.33. The average Bonchev–Trinajstić information content (AvgIpc) is 2.95. The molecule has 1 aromatic rings. The maximum absolute atomic E-state index is 12.3. The predicted molar refractivity (Wildman–Crippen MR) is 93.2 cm³/mol. The molecule has 0 aliphatic carbocycles. The van der Waals surface area contributed by atoms with Gasteiger partial charge in [-0.1, -0.05) is 12.1 Å². The highest BCUT2D eigenvalue weighted by Crippen LogP contribution is 2.26. The number of carbonyl (C=O) groups is 2. The first-order valence-corrected chi connectivity index (χ1v) is 7.96. The van der Waals surface area contributed by atoms with Crippen LogP contribution in [0.5, 0.6) is 0 Å². The summed E-state index contributed by atoms with van der Waals surface area (Å²) in [6.45, 7) is 6.06. The van der Waals surface area contributed by atoms with Crippen molar-refractivity contribution in [2.75, 3.05) is 38.0 Å². The molecule has 2 saturated heterocycles. The Morgan fingerprint density at radius 1 is 1.26 bits per heavy atom. The van der Waals surface area contributed by atoms with E-state index in [4.69, 9.17) is 0 Å². The second kappa shape index (κ2) is 7.90. The van der Waals surface area contributed by atoms with Crippen LogP contribution in [0.1, 0.15) is 23.7 Å². The number of amides is 1. The van der Waals surface area contributed by atoms with Gasteiger partial charge in [0, 0.05) is 12.1 Å². The van der Waals surface area contributed by atoms with Gasteiger partial charge in [0.1, 0.15) is 0 Å². The summed E-state index contributed by atoms with van der Waals surface area (Å²) in [6.07, 6.45) is 1.16. The summed E-state index contributed by atoms with van der Waals surface area (Å²) >= 11 is 0. The zero-order valence-corrected chi connectivity index (χ0v) is 14.2. The van der Waals surface area contributed by atoms with Crippen molar-refractivity contribution in [1.82, 2.24) is 10.2 Å². The largest absolute Gasteiger partial charge is 0.324 e. The van der Waals surface area contributed by atoms with Gasteiger partial charge in [-0.25, -0.2) is 0 Å². The van der Waals surface area contributed by atoms with Gasteiger partial charge in [-0.2, -0.15) is 0 Å². The summed E-state index contributed by atoms with van der Waals surface area (Å²) in [5.41, 5.74) is 1.17. The molecule has 1 amide bonds. The van der Waals surface area contributed by atoms with Crippen molar-refractivity contribution >= 4 is 29.8 Å². The Labute approximate surface area is 143 Å². The van der Waals surface area contributed by atoms with Gasteiger partial charge in [-0.15, -0.1) is 12.4 Å². The Bertz CT molecular complexity index is 579. The molecule has 2 heterocycles. The smallest absolute Gasteiger partial charge is 0.238 e. The topological polar surface area (TPSA) is 61.4 Å². The van der Waals surface area contributed by atoms with E-state index < -0.39 is 0 Å². The summed E-state index contributed by atoms with van der Waals surface area (Å²) in [7, 11) is 0. The minimum Gasteiger partial charge on any atom is -0.324 e. The Morgan fingerprint density at radius 2 is 2.00 bits per heavy atom. The zero-order valence-electron chi connectivity index (χ0n) is 13.4. The maximum Gasteiger partial charge on any atom is 0.238 e. The van der Waals surface area contributed by atoms with E-state index in [0.29, 0.717) is 23.7 Å². The van der Waals surface area contributed by atoms with Gasteiger partial charge in [0.25, 0.3) is 0 Å². The molecule has 0 aromatic heterocycles. The number of halogens is 1. The van der Waals surface area contributed by atoms with E-state index in [0.717, 1.165) is 38.5 Å². The average molecular weight is 338 g/mol. The number of Topliss-reactive ketones (excluding diaryl/α,β-unsaturated/α-hetero) is 1. The minimum atomic E-state index is -0.0434. The lowest BCUT2D eigenvalue weighted by molar-refractivity contribution is -0.117. The summed E-state index contributed by atoms with van der Waals surface area (Å²) in [5, 5.41) is 6.31. The molecule has 3 rings (SSSR count). The normalized spacial score (nSPS) is 23.7. The molecule has 126 valence electrons. The molecule has 0 radical (unpaired) electrons. The number of likely N-dealkylation sites (tertiary alicyclic amines) is 1. The summed E-state index contributed by atoms with van der Waals surface area (Å²) < 4.78 is 0. The molecule has 2 N–H and O–H groups in total. The number of fused-ring (bicyclic) bond motifs is 1. The van der Waals surface area contributed by atoms with Crippen molar-refractivity contribution in [3.8, 4) is 0 Å². The molecule has 2 aliphatic rings. The van der Waals surface area contributed by atoms with E-state index in [1.165, 1.54) is 6.92 Å². The van der Waals surface area contributed by atoms with Crippen molar-refractivity contribution in [1.29, 1.82) is 0 Å². The van der Waals surface area contributed by atoms with Gasteiger partial charge in [0.05, 0.1) is 12.2 Å². The van der Waals surface area contributed by atoms with E-state index in [2.05, 4.69) is 15.5 Å². The quantitative estimate of drug-likeness (QED) is 0.822. The summed E-state index contributed by atoms with van der Waals surface area (Å²) in [6, 6.07) is 7.16. The van der Waals surface area contributed by atoms with Crippen LogP contribution in [0.2, 0.25) is 0 Å². The fourth-order valence-corrected chi connectivity index (χ4v) is 3.55. The number of anilines is 1. The summed E-state index contributed by atoms with van der Waals surface area (Å²) in [5.74, 6) is 1.37. The van der Waals surface area contributed by atoms with Crippen molar-refractivity contribution < 1.29 is 9.59 Å². The fraction of sp³-hybridized carbons (Fsp3) is 0.529. The first-order chi connectivity index (χ1) is 10.6. The predicted octanol–water partition coefficient (Wildman–Crippen LogP) is 1.79. The van der Waals surface area contributed by atoms with Gasteiger partial charge >= 0.3 is 0 Å². The van der Waals surface area contributed by atoms with Crippen LogP contribution in [0.15, 0.2) is 24.3 Å². The molecule has 2 aliphatic heterocycles. The zero-order chi connectivity index (χ0) is 15.5. The highest BCUT2D eigenvalue weighted by Gasteiger charge is 2.33. The molecule has 6 heteroatoms. The number of benzene rings is 1. The third kappa shape index (κ3) is 4.31. The van der Waals surface area contributed by atoms with E-state index in [9.17, 15) is 9.59 Å². The maximum atomic E-state index is 12.3. The minimum absolute atomic E-state index is 0. The Morgan fingerprint density at radius 3 is 2.78 bits per heavy atom. The molecule has 23 heavy (non-hydrogen) atoms. The second-order valence-electron chi connectivity index (χ2n) is 6.35. The van der Waals surface area contributed by atoms with Gasteiger partial charge in [0.2, 0.25) is 5.91 Å². The van der Waals surface area contributed by atoms with Gasteiger partial charge in [0.15, 0.2) is 5.78 Å². The molecule has 0 bridgehead atoms. The first kappa shape index (κ1) is 17.9. The number of rotatable bonds is 4. The Hall–Kier alpha value is -1.43. The number of para-hydroxylation sites is 1. The van der Waals surface area contributed by atoms with Crippen LogP contribution in [-0.4, -0.2) is 49.3 Å². The van der Waals surface area contributed by atoms with Crippen molar-refractivity contribution in [3.05, 3.63) is 29.8 Å². The van der Waals surface area contributed by atoms with E-state index in [-0.39, 0.29) is 24.1 Å². The van der Waals surface area contributed by atoms with Crippen molar-refractivity contribution in [3.63, 3.8) is 0 Å². The van der Waals surface area contributed by atoms with Crippen LogP contribution in [0.25, 0.3) is 0 Å². The molecule has 2 fully saturated rings. The first-order valence-electron chi connectivity index (χ1n) is 7.96. The lowest BCUT2D eigenvalue weighted by Crippen LogP contribution is -2.43. The number of piperidine rings is 1. The lowest BCUT2D eigenvalue weighted by atomic mass is 9.89. The highest BCUT2D eigenvalue weighted by molar-refractivity contribution is 6.04. The van der Waals surface area contributed by atoms with Crippen molar-refractivity contribution in [2.24, 2.45) is 11.8 Å². The molecular weight excluding hydrogens is 314 g/mol. The fourth-order valence-electron chi connectivity index (χ4n) is 3.55. The standard InChI is InChI=1S/C17H23N3O2.ClH/c1-12(21)15-4-2-3-5-16(15)19-17(22)11-20-7-6-13-8-18-9-14(13)10-20;/h2-5,13-14,18H,6-11H2,1H3,(H,19,22);1H. The Balaban J connectivity index is 0.00000192. The van der Waals surface area contributed by atoms with Gasteiger partial charge in [-0.3, -0.25) is 14.5 Å². The molecule has 0 saturated carbocycles. The number of hydrogen-bond acceptors (Lipinski definition) is 4. The monoisotopic (exact) mass is 337 g/mol. The van der Waals surface area contributed by atoms with E-state index >= 15 is 0 Å². The van der Waals surface area contributed by atoms with E-state index in [1.807, 2.05) is 12.1 Å². The number of hydrogen-bond donors (Lipinski definition) is 2. The molecule has 2 unspecified atom stereocenters. The molecule has 1 aromatic carbocycles. The number of nitrogens with one attached hydrogen (secondary N) is 2. The van der Waals surface area contributed by atoms with Gasteiger partial charge < -0.3 is 10.6 Å². The number of carbonyl (C=O) groups excluding carboxylic acids is 2. The van der Waals surface area contributed by atoms with Crippen molar-refractivity contribution in [2.45, 2.75) is 13.3 Å². The SMILES string of the molecule is CC(=O)c1ccccc1NC(=O)CN1CCC2CNCC2C1.Cl. The third-order valence-electron chi connectivity index (χ3n) is 4.74. The van der Waals surface area contributed by atoms with Crippen LogP contribution in [0.4, 0.5) is 5.69 Å². The van der Waals surface area contributed by atoms with Crippen LogP contribution < -0.4 is 10.6 Å².